The number of hydrogen-bond acceptors (Lipinski definition) is 4. The molecule has 1 amide bonds. The van der Waals surface area contributed by atoms with Gasteiger partial charge in [-0.3, -0.25) is 10.1 Å². The first kappa shape index (κ1) is 16.2. The van der Waals surface area contributed by atoms with Crippen LogP contribution in [0.3, 0.4) is 0 Å². The van der Waals surface area contributed by atoms with Crippen molar-refractivity contribution in [3.05, 3.63) is 29.8 Å². The molecule has 1 aliphatic rings. The lowest BCUT2D eigenvalue weighted by Gasteiger charge is -2.25. The monoisotopic (exact) mass is 308 g/mol. The summed E-state index contributed by atoms with van der Waals surface area (Å²) in [5.41, 5.74) is 1.03. The fourth-order valence-electron chi connectivity index (χ4n) is 2.69. The number of methoxy groups -OCH3 is 1. The lowest BCUT2D eigenvalue weighted by molar-refractivity contribution is -0.129. The average Bonchev–Trinajstić information content (AvgIpc) is 2.79. The van der Waals surface area contributed by atoms with Crippen LogP contribution in [-0.2, 0) is 4.79 Å². The standard InChI is InChI=1S/C16H24N2O2S/c1-12-16(19)18(10-6-7-11-21-3)15(17-12)13-8-4-5-9-14(13)20-2/h4-5,8-9,12,15,17H,6-7,10-11H2,1-3H3. The Hall–Kier alpha value is -1.20. The van der Waals surface area contributed by atoms with Crippen molar-refractivity contribution in [1.82, 2.24) is 10.2 Å². The van der Waals surface area contributed by atoms with Crippen LogP contribution >= 0.6 is 11.8 Å². The second-order valence-electron chi connectivity index (χ2n) is 5.26. The lowest BCUT2D eigenvalue weighted by atomic mass is 10.1. The van der Waals surface area contributed by atoms with E-state index >= 15 is 0 Å². The summed E-state index contributed by atoms with van der Waals surface area (Å²) < 4.78 is 5.44. The summed E-state index contributed by atoms with van der Waals surface area (Å²) >= 11 is 1.85. The topological polar surface area (TPSA) is 41.6 Å². The van der Waals surface area contributed by atoms with Crippen molar-refractivity contribution < 1.29 is 9.53 Å². The molecule has 0 radical (unpaired) electrons. The van der Waals surface area contributed by atoms with E-state index in [0.29, 0.717) is 0 Å². The molecule has 1 aromatic carbocycles. The van der Waals surface area contributed by atoms with E-state index in [1.165, 1.54) is 0 Å². The minimum Gasteiger partial charge on any atom is -0.496 e. The normalized spacial score (nSPS) is 21.9. The van der Waals surface area contributed by atoms with E-state index in [1.54, 1.807) is 7.11 Å². The number of nitrogens with zero attached hydrogens (tertiary/aromatic N) is 1. The molecular formula is C16H24N2O2S. The Balaban J connectivity index is 2.13. The van der Waals surface area contributed by atoms with Crippen molar-refractivity contribution >= 4 is 17.7 Å². The first-order chi connectivity index (χ1) is 10.2. The summed E-state index contributed by atoms with van der Waals surface area (Å²) in [5.74, 6) is 2.14. The Morgan fingerprint density at radius 3 is 2.81 bits per heavy atom. The van der Waals surface area contributed by atoms with Gasteiger partial charge in [0.15, 0.2) is 0 Å². The molecule has 0 aromatic heterocycles. The molecule has 1 fully saturated rings. The number of carbonyl (C=O) groups excluding carboxylic acids is 1. The van der Waals surface area contributed by atoms with Crippen LogP contribution in [0.25, 0.3) is 0 Å². The summed E-state index contributed by atoms with van der Waals surface area (Å²) in [5, 5.41) is 3.38. The first-order valence-corrected chi connectivity index (χ1v) is 8.76. The number of thioether (sulfide) groups is 1. The van der Waals surface area contributed by atoms with Gasteiger partial charge in [-0.1, -0.05) is 18.2 Å². The molecule has 21 heavy (non-hydrogen) atoms. The predicted molar refractivity (Wildman–Crippen MR) is 87.7 cm³/mol. The van der Waals surface area contributed by atoms with Gasteiger partial charge < -0.3 is 9.64 Å². The van der Waals surface area contributed by atoms with Crippen LogP contribution < -0.4 is 10.1 Å². The van der Waals surface area contributed by atoms with Crippen molar-refractivity contribution in [2.24, 2.45) is 0 Å². The molecule has 5 heteroatoms. The summed E-state index contributed by atoms with van der Waals surface area (Å²) in [6, 6.07) is 7.76. The Bertz CT molecular complexity index is 481. The maximum absolute atomic E-state index is 12.4. The third kappa shape index (κ3) is 3.71. The van der Waals surface area contributed by atoms with E-state index in [2.05, 4.69) is 11.6 Å². The molecule has 0 saturated carbocycles. The third-order valence-electron chi connectivity index (χ3n) is 3.80. The first-order valence-electron chi connectivity index (χ1n) is 7.37. The van der Waals surface area contributed by atoms with Gasteiger partial charge >= 0.3 is 0 Å². The van der Waals surface area contributed by atoms with E-state index in [9.17, 15) is 4.79 Å². The highest BCUT2D eigenvalue weighted by Gasteiger charge is 2.37. The van der Waals surface area contributed by atoms with Crippen LogP contribution in [0.2, 0.25) is 0 Å². The minimum absolute atomic E-state index is 0.0853. The smallest absolute Gasteiger partial charge is 0.241 e. The second kappa shape index (κ2) is 7.71. The zero-order valence-corrected chi connectivity index (χ0v) is 13.8. The van der Waals surface area contributed by atoms with Gasteiger partial charge in [0.2, 0.25) is 5.91 Å². The number of para-hydroxylation sites is 1. The number of nitrogens with one attached hydrogen (secondary N) is 1. The fourth-order valence-corrected chi connectivity index (χ4v) is 3.18. The van der Waals surface area contributed by atoms with Gasteiger partial charge in [-0.2, -0.15) is 11.8 Å². The number of ether oxygens (including phenoxy) is 1. The number of hydrogen-bond donors (Lipinski definition) is 1. The van der Waals surface area contributed by atoms with Gasteiger partial charge in [0, 0.05) is 12.1 Å². The van der Waals surface area contributed by atoms with Crippen LogP contribution in [-0.4, -0.2) is 42.5 Å². The molecule has 2 rings (SSSR count). The van der Waals surface area contributed by atoms with Gasteiger partial charge in [-0.25, -0.2) is 0 Å². The van der Waals surface area contributed by atoms with E-state index in [-0.39, 0.29) is 18.1 Å². The predicted octanol–water partition coefficient (Wildman–Crippen LogP) is 2.66. The summed E-state index contributed by atoms with van der Waals surface area (Å²) in [6.07, 6.45) is 4.20. The Labute approximate surface area is 131 Å². The van der Waals surface area contributed by atoms with Gasteiger partial charge in [0.05, 0.1) is 13.2 Å². The Kier molecular flexibility index (Phi) is 5.94. The van der Waals surface area contributed by atoms with Crippen molar-refractivity contribution in [2.45, 2.75) is 32.0 Å². The molecule has 1 saturated heterocycles. The molecule has 0 spiro atoms. The van der Waals surface area contributed by atoms with Gasteiger partial charge in [0.25, 0.3) is 0 Å². The molecule has 0 aliphatic carbocycles. The number of amides is 1. The van der Waals surface area contributed by atoms with Crippen molar-refractivity contribution in [2.75, 3.05) is 25.7 Å². The van der Waals surface area contributed by atoms with E-state index < -0.39 is 0 Å². The minimum atomic E-state index is -0.138. The molecule has 4 nitrogen and oxygen atoms in total. The largest absolute Gasteiger partial charge is 0.496 e. The Morgan fingerprint density at radius 1 is 1.33 bits per heavy atom. The van der Waals surface area contributed by atoms with Crippen LogP contribution in [0.5, 0.6) is 5.75 Å². The molecule has 1 aliphatic heterocycles. The fraction of sp³-hybridized carbons (Fsp3) is 0.562. The molecule has 2 unspecified atom stereocenters. The van der Waals surface area contributed by atoms with E-state index in [4.69, 9.17) is 4.74 Å². The molecule has 116 valence electrons. The highest BCUT2D eigenvalue weighted by atomic mass is 32.2. The zero-order valence-electron chi connectivity index (χ0n) is 13.0. The summed E-state index contributed by atoms with van der Waals surface area (Å²) in [4.78, 5) is 14.3. The third-order valence-corrected chi connectivity index (χ3v) is 4.50. The maximum Gasteiger partial charge on any atom is 0.241 e. The number of rotatable bonds is 7. The van der Waals surface area contributed by atoms with Crippen molar-refractivity contribution in [1.29, 1.82) is 0 Å². The number of benzene rings is 1. The zero-order chi connectivity index (χ0) is 15.2. The van der Waals surface area contributed by atoms with Crippen LogP contribution in [0, 0.1) is 0 Å². The summed E-state index contributed by atoms with van der Waals surface area (Å²) in [7, 11) is 1.67. The van der Waals surface area contributed by atoms with E-state index in [1.807, 2.05) is 47.9 Å². The van der Waals surface area contributed by atoms with Crippen LogP contribution in [0.4, 0.5) is 0 Å². The molecule has 1 N–H and O–H groups in total. The van der Waals surface area contributed by atoms with E-state index in [0.717, 1.165) is 36.5 Å². The average molecular weight is 308 g/mol. The van der Waals surface area contributed by atoms with Gasteiger partial charge in [-0.15, -0.1) is 0 Å². The number of carbonyl (C=O) groups is 1. The Morgan fingerprint density at radius 2 is 2.10 bits per heavy atom. The van der Waals surface area contributed by atoms with Gasteiger partial charge in [0.1, 0.15) is 11.9 Å². The highest BCUT2D eigenvalue weighted by Crippen LogP contribution is 2.31. The highest BCUT2D eigenvalue weighted by molar-refractivity contribution is 7.98. The van der Waals surface area contributed by atoms with Crippen molar-refractivity contribution in [3.8, 4) is 5.75 Å². The molecule has 1 aromatic rings. The molecule has 2 atom stereocenters. The molecular weight excluding hydrogens is 284 g/mol. The van der Waals surface area contributed by atoms with Gasteiger partial charge in [-0.05, 0) is 37.8 Å². The number of unbranched alkanes of at least 4 members (excludes halogenated alkanes) is 1. The van der Waals surface area contributed by atoms with Crippen molar-refractivity contribution in [3.63, 3.8) is 0 Å². The van der Waals surface area contributed by atoms with Crippen LogP contribution in [0.1, 0.15) is 31.5 Å². The molecule has 1 heterocycles. The van der Waals surface area contributed by atoms with Crippen LogP contribution in [0.15, 0.2) is 24.3 Å². The molecule has 0 bridgehead atoms. The summed E-state index contributed by atoms with van der Waals surface area (Å²) in [6.45, 7) is 2.71. The second-order valence-corrected chi connectivity index (χ2v) is 6.25. The quantitative estimate of drug-likeness (QED) is 0.786. The lowest BCUT2D eigenvalue weighted by Crippen LogP contribution is -2.31. The maximum atomic E-state index is 12.4. The SMILES string of the molecule is COc1ccccc1C1NC(C)C(=O)N1CCCCSC.